The third kappa shape index (κ3) is 4.48. The van der Waals surface area contributed by atoms with Gasteiger partial charge < -0.3 is 4.74 Å². The molecule has 0 heterocycles. The highest BCUT2D eigenvalue weighted by atomic mass is 32.2. The fourth-order valence-electron chi connectivity index (χ4n) is 2.22. The summed E-state index contributed by atoms with van der Waals surface area (Å²) >= 11 is 0. The molecular weight excluding hydrogens is 315 g/mol. The molecule has 0 N–H and O–H groups in total. The lowest BCUT2D eigenvalue weighted by atomic mass is 10.0. The van der Waals surface area contributed by atoms with Gasteiger partial charge in [-0.2, -0.15) is 0 Å². The number of halogens is 1. The largest absolute Gasteiger partial charge is 0.465 e. The molecule has 2 atom stereocenters. The van der Waals surface area contributed by atoms with Crippen molar-refractivity contribution in [1.29, 1.82) is 0 Å². The van der Waals surface area contributed by atoms with Crippen LogP contribution in [-0.2, 0) is 20.3 Å². The van der Waals surface area contributed by atoms with E-state index in [9.17, 15) is 13.4 Å². The van der Waals surface area contributed by atoms with Gasteiger partial charge in [-0.1, -0.05) is 42.5 Å². The third-order valence-corrected chi connectivity index (χ3v) is 5.11. The van der Waals surface area contributed by atoms with Crippen molar-refractivity contribution in [3.63, 3.8) is 0 Å². The highest BCUT2D eigenvalue weighted by Crippen LogP contribution is 2.26. The smallest absolute Gasteiger partial charge is 0.318 e. The number of ether oxygens (including phenoxy) is 1. The van der Waals surface area contributed by atoms with Gasteiger partial charge in [0.25, 0.3) is 0 Å². The number of esters is 1. The molecule has 0 fully saturated rings. The van der Waals surface area contributed by atoms with Crippen molar-refractivity contribution >= 4 is 16.8 Å². The Morgan fingerprint density at radius 3 is 2.43 bits per heavy atom. The van der Waals surface area contributed by atoms with Gasteiger partial charge in [0.2, 0.25) is 0 Å². The molecule has 3 nitrogen and oxygen atoms in total. The lowest BCUT2D eigenvalue weighted by molar-refractivity contribution is -0.139. The second kappa shape index (κ2) is 8.02. The van der Waals surface area contributed by atoms with Crippen LogP contribution in [0.2, 0.25) is 0 Å². The van der Waals surface area contributed by atoms with Crippen molar-refractivity contribution < 1.29 is 18.1 Å². The summed E-state index contributed by atoms with van der Waals surface area (Å²) in [6.07, 6.45) is 0. The average Bonchev–Trinajstić information content (AvgIpc) is 2.55. The zero-order valence-electron chi connectivity index (χ0n) is 13.1. The summed E-state index contributed by atoms with van der Waals surface area (Å²) in [5.74, 6) is -0.857. The summed E-state index contributed by atoms with van der Waals surface area (Å²) < 4.78 is 30.8. The summed E-state index contributed by atoms with van der Waals surface area (Å²) in [7, 11) is -1.35. The predicted octanol–water partition coefficient (Wildman–Crippen LogP) is 3.87. The van der Waals surface area contributed by atoms with Gasteiger partial charge in [-0.25, -0.2) is 4.39 Å². The number of benzene rings is 2. The van der Waals surface area contributed by atoms with Crippen LogP contribution in [0.3, 0.4) is 0 Å². The van der Waals surface area contributed by atoms with Crippen LogP contribution >= 0.6 is 0 Å². The van der Waals surface area contributed by atoms with E-state index in [1.807, 2.05) is 12.1 Å². The summed E-state index contributed by atoms with van der Waals surface area (Å²) in [6, 6.07) is 13.8. The van der Waals surface area contributed by atoms with Gasteiger partial charge >= 0.3 is 5.97 Å². The van der Waals surface area contributed by atoms with Crippen LogP contribution < -0.4 is 0 Å². The average molecular weight is 334 g/mol. The maximum Gasteiger partial charge on any atom is 0.318 e. The monoisotopic (exact) mass is 334 g/mol. The van der Waals surface area contributed by atoms with Crippen LogP contribution in [-0.4, -0.2) is 22.5 Å². The number of rotatable bonds is 6. The lowest BCUT2D eigenvalue weighted by Gasteiger charge is -2.12. The quantitative estimate of drug-likeness (QED) is 0.753. The van der Waals surface area contributed by atoms with Gasteiger partial charge in [0.1, 0.15) is 11.6 Å². The molecule has 0 aliphatic heterocycles. The Hall–Kier alpha value is -2.01. The summed E-state index contributed by atoms with van der Waals surface area (Å²) in [6.45, 7) is 3.79. The molecule has 2 aromatic rings. The van der Waals surface area contributed by atoms with E-state index < -0.39 is 16.8 Å². The molecule has 0 aliphatic carbocycles. The minimum atomic E-state index is -1.35. The molecular formula is C18H19FO3S. The predicted molar refractivity (Wildman–Crippen MR) is 89.9 cm³/mol. The highest BCUT2D eigenvalue weighted by Gasteiger charge is 2.18. The van der Waals surface area contributed by atoms with Crippen molar-refractivity contribution in [3.05, 3.63) is 59.9 Å². The van der Waals surface area contributed by atoms with E-state index >= 15 is 0 Å². The molecule has 2 unspecified atom stereocenters. The first-order valence-corrected chi connectivity index (χ1v) is 8.78. The van der Waals surface area contributed by atoms with E-state index in [0.29, 0.717) is 5.56 Å². The molecule has 2 aromatic carbocycles. The minimum Gasteiger partial charge on any atom is -0.465 e. The molecule has 0 bridgehead atoms. The second-order valence-corrected chi connectivity index (χ2v) is 6.83. The van der Waals surface area contributed by atoms with Gasteiger partial charge in [0.15, 0.2) is 0 Å². The van der Waals surface area contributed by atoms with E-state index in [1.54, 1.807) is 44.2 Å². The van der Waals surface area contributed by atoms with Crippen LogP contribution in [0.4, 0.5) is 4.39 Å². The number of carbonyl (C=O) groups excluding carboxylic acids is 1. The van der Waals surface area contributed by atoms with Crippen molar-refractivity contribution in [2.45, 2.75) is 19.1 Å². The number of carbonyl (C=O) groups is 1. The molecule has 0 saturated heterocycles. The Labute approximate surface area is 137 Å². The van der Waals surface area contributed by atoms with E-state index in [0.717, 1.165) is 11.1 Å². The SMILES string of the molecule is CCOC(=O)CS(=O)C(C)c1ccc(-c2ccccc2F)cc1. The summed E-state index contributed by atoms with van der Waals surface area (Å²) in [5, 5.41) is -0.297. The first-order valence-electron chi connectivity index (χ1n) is 7.40. The van der Waals surface area contributed by atoms with Gasteiger partial charge in [-0.15, -0.1) is 0 Å². The van der Waals surface area contributed by atoms with E-state index in [1.165, 1.54) is 6.07 Å². The lowest BCUT2D eigenvalue weighted by Crippen LogP contribution is -2.17. The van der Waals surface area contributed by atoms with Crippen LogP contribution in [0.5, 0.6) is 0 Å². The molecule has 5 heteroatoms. The van der Waals surface area contributed by atoms with Crippen LogP contribution in [0.15, 0.2) is 48.5 Å². The first kappa shape index (κ1) is 17.3. The Morgan fingerprint density at radius 2 is 1.83 bits per heavy atom. The number of hydrogen-bond donors (Lipinski definition) is 0. The van der Waals surface area contributed by atoms with Gasteiger partial charge in [0.05, 0.1) is 11.9 Å². The Bertz CT molecular complexity index is 698. The van der Waals surface area contributed by atoms with Crippen LogP contribution in [0.25, 0.3) is 11.1 Å². The number of hydrogen-bond acceptors (Lipinski definition) is 3. The Balaban J connectivity index is 2.11. The molecule has 122 valence electrons. The van der Waals surface area contributed by atoms with Crippen molar-refractivity contribution in [2.24, 2.45) is 0 Å². The molecule has 0 spiro atoms. The molecule has 0 radical (unpaired) electrons. The Kier molecular flexibility index (Phi) is 6.04. The van der Waals surface area contributed by atoms with E-state index in [4.69, 9.17) is 4.74 Å². The zero-order valence-corrected chi connectivity index (χ0v) is 13.9. The van der Waals surface area contributed by atoms with Crippen LogP contribution in [0.1, 0.15) is 24.7 Å². The molecule has 0 aromatic heterocycles. The normalized spacial score (nSPS) is 13.3. The fourth-order valence-corrected chi connectivity index (χ4v) is 3.25. The van der Waals surface area contributed by atoms with Gasteiger partial charge in [0, 0.05) is 16.4 Å². The van der Waals surface area contributed by atoms with E-state index in [2.05, 4.69) is 0 Å². The molecule has 0 amide bonds. The standard InChI is InChI=1S/C18H19FO3S/c1-3-22-18(20)12-23(21)13(2)14-8-10-15(11-9-14)16-6-4-5-7-17(16)19/h4-11,13H,3,12H2,1-2H3. The van der Waals surface area contributed by atoms with Crippen LogP contribution in [0, 0.1) is 5.82 Å². The molecule has 0 saturated carbocycles. The van der Waals surface area contributed by atoms with E-state index in [-0.39, 0.29) is 23.4 Å². The van der Waals surface area contributed by atoms with Crippen molar-refractivity contribution in [2.75, 3.05) is 12.4 Å². The topological polar surface area (TPSA) is 43.4 Å². The molecule has 2 rings (SSSR count). The van der Waals surface area contributed by atoms with Gasteiger partial charge in [-0.05, 0) is 31.0 Å². The minimum absolute atomic E-state index is 0.121. The van der Waals surface area contributed by atoms with Crippen molar-refractivity contribution in [3.8, 4) is 11.1 Å². The third-order valence-electron chi connectivity index (χ3n) is 3.52. The Morgan fingerprint density at radius 1 is 1.17 bits per heavy atom. The molecule has 23 heavy (non-hydrogen) atoms. The van der Waals surface area contributed by atoms with Crippen molar-refractivity contribution in [1.82, 2.24) is 0 Å². The summed E-state index contributed by atoms with van der Waals surface area (Å²) in [5.41, 5.74) is 2.13. The maximum absolute atomic E-state index is 13.8. The van der Waals surface area contributed by atoms with Gasteiger partial charge in [-0.3, -0.25) is 9.00 Å². The second-order valence-electron chi connectivity index (χ2n) is 5.07. The zero-order chi connectivity index (χ0) is 16.8. The maximum atomic E-state index is 13.8. The molecule has 0 aliphatic rings. The summed E-state index contributed by atoms with van der Waals surface area (Å²) in [4.78, 5) is 11.4. The first-order chi connectivity index (χ1) is 11.0. The highest BCUT2D eigenvalue weighted by molar-refractivity contribution is 7.85. The fraction of sp³-hybridized carbons (Fsp3) is 0.278.